The normalized spacial score (nSPS) is 16.7. The lowest BCUT2D eigenvalue weighted by molar-refractivity contribution is 0.255. The molecule has 1 aromatic carbocycles. The predicted octanol–water partition coefficient (Wildman–Crippen LogP) is 7.59. The Morgan fingerprint density at radius 3 is 2.23 bits per heavy atom. The van der Waals surface area contributed by atoms with Gasteiger partial charge >= 0.3 is 6.03 Å². The van der Waals surface area contributed by atoms with E-state index in [2.05, 4.69) is 80.0 Å². The second-order valence-corrected chi connectivity index (χ2v) is 15.5. The summed E-state index contributed by atoms with van der Waals surface area (Å²) in [5, 5.41) is 22.0. The van der Waals surface area contributed by atoms with Crippen LogP contribution in [0.1, 0.15) is 31.7 Å². The van der Waals surface area contributed by atoms with Crippen LogP contribution in [0.2, 0.25) is 0 Å². The SMILES string of the molecule is C.Cc1cc(-c2ccc3c(n2)N(C(=O)Nc2ccc4[nH]ncc4c2)[C@H]2CCN3C2)ccn1.Cc1cc(-c2ccc3c(n2)N[C@H]2CCN3C2)ccn1.Nc1cnc2[nH]ncc2c1. The molecule has 61 heavy (non-hydrogen) atoms. The van der Waals surface area contributed by atoms with Crippen LogP contribution in [0.25, 0.3) is 44.5 Å². The largest absolute Gasteiger partial charge is 0.397 e. The Bertz CT molecular complexity index is 2870. The lowest BCUT2D eigenvalue weighted by Crippen LogP contribution is -2.48. The highest BCUT2D eigenvalue weighted by Crippen LogP contribution is 2.41. The Morgan fingerprint density at radius 2 is 1.44 bits per heavy atom. The van der Waals surface area contributed by atoms with E-state index >= 15 is 0 Å². The van der Waals surface area contributed by atoms with Gasteiger partial charge in [0.25, 0.3) is 0 Å². The van der Waals surface area contributed by atoms with Crippen molar-refractivity contribution in [3.8, 4) is 22.5 Å². The molecule has 2 fully saturated rings. The van der Waals surface area contributed by atoms with E-state index in [0.29, 0.717) is 17.5 Å². The maximum atomic E-state index is 13.4. The Morgan fingerprint density at radius 1 is 0.738 bits per heavy atom. The molecule has 7 aromatic heterocycles. The Kier molecular flexibility index (Phi) is 10.3. The molecule has 4 bridgehead atoms. The Balaban J connectivity index is 0.000000134. The minimum atomic E-state index is -0.161. The molecule has 16 heteroatoms. The fourth-order valence-corrected chi connectivity index (χ4v) is 8.36. The van der Waals surface area contributed by atoms with E-state index in [1.165, 1.54) is 12.1 Å². The number of anilines is 6. The number of H-pyrrole nitrogens is 2. The molecule has 0 aliphatic carbocycles. The number of aryl methyl sites for hydroxylation is 2. The third-order valence-corrected chi connectivity index (χ3v) is 11.3. The van der Waals surface area contributed by atoms with Crippen molar-refractivity contribution in [2.45, 2.75) is 46.2 Å². The summed E-state index contributed by atoms with van der Waals surface area (Å²) in [5.41, 5.74) is 16.8. The molecule has 0 unspecified atom stereocenters. The maximum absolute atomic E-state index is 13.4. The molecule has 0 radical (unpaired) electrons. The first kappa shape index (κ1) is 38.9. The van der Waals surface area contributed by atoms with E-state index in [9.17, 15) is 4.79 Å². The van der Waals surface area contributed by atoms with Crippen LogP contribution in [-0.2, 0) is 0 Å². The number of hydrogen-bond acceptors (Lipinski definition) is 12. The number of nitrogens with one attached hydrogen (secondary N) is 4. The van der Waals surface area contributed by atoms with E-state index in [0.717, 1.165) is 106 Å². The van der Waals surface area contributed by atoms with Crippen LogP contribution in [-0.4, -0.2) is 89.6 Å². The summed E-state index contributed by atoms with van der Waals surface area (Å²) in [6.45, 7) is 7.98. The highest BCUT2D eigenvalue weighted by Gasteiger charge is 2.40. The number of fused-ring (bicyclic) bond motifs is 10. The van der Waals surface area contributed by atoms with Gasteiger partial charge in [0.2, 0.25) is 0 Å². The molecule has 16 nitrogen and oxygen atoms in total. The first-order valence-corrected chi connectivity index (χ1v) is 20.0. The van der Waals surface area contributed by atoms with Gasteiger partial charge in [0.05, 0.1) is 58.6 Å². The molecule has 4 aliphatic heterocycles. The van der Waals surface area contributed by atoms with Crippen LogP contribution in [0.15, 0.2) is 104 Å². The minimum Gasteiger partial charge on any atom is -0.397 e. The van der Waals surface area contributed by atoms with E-state index in [1.54, 1.807) is 24.8 Å². The molecule has 6 N–H and O–H groups in total. The summed E-state index contributed by atoms with van der Waals surface area (Å²) in [7, 11) is 0. The van der Waals surface area contributed by atoms with Crippen molar-refractivity contribution in [1.82, 2.24) is 45.3 Å². The van der Waals surface area contributed by atoms with Crippen LogP contribution >= 0.6 is 0 Å². The number of rotatable bonds is 3. The predicted molar refractivity (Wildman–Crippen MR) is 242 cm³/mol. The summed E-state index contributed by atoms with van der Waals surface area (Å²) in [6.07, 6.45) is 10.8. The van der Waals surface area contributed by atoms with Crippen molar-refractivity contribution in [3.63, 3.8) is 0 Å². The molecule has 2 amide bonds. The molecule has 12 rings (SSSR count). The smallest absolute Gasteiger partial charge is 0.327 e. The molecule has 4 aliphatic rings. The van der Waals surface area contributed by atoms with Crippen molar-refractivity contribution >= 4 is 62.4 Å². The Labute approximate surface area is 352 Å². The topological polar surface area (TPSA) is 199 Å². The highest BCUT2D eigenvalue weighted by atomic mass is 16.2. The third kappa shape index (κ3) is 7.82. The lowest BCUT2D eigenvalue weighted by atomic mass is 10.1. The van der Waals surface area contributed by atoms with Crippen molar-refractivity contribution in [3.05, 3.63) is 115 Å². The van der Waals surface area contributed by atoms with Gasteiger partial charge in [0.1, 0.15) is 0 Å². The number of nitrogen functional groups attached to an aromatic ring is 1. The summed E-state index contributed by atoms with van der Waals surface area (Å²) in [6, 6.07) is 24.5. The van der Waals surface area contributed by atoms with Gasteiger partial charge in [-0.25, -0.2) is 19.7 Å². The van der Waals surface area contributed by atoms with Crippen molar-refractivity contribution < 1.29 is 4.79 Å². The van der Waals surface area contributed by atoms with Gasteiger partial charge in [-0.05, 0) is 99.5 Å². The van der Waals surface area contributed by atoms with E-state index < -0.39 is 0 Å². The summed E-state index contributed by atoms with van der Waals surface area (Å²) in [4.78, 5) is 42.2. The van der Waals surface area contributed by atoms with Crippen molar-refractivity contribution in [2.75, 3.05) is 57.2 Å². The number of carbonyl (C=O) groups is 1. The first-order chi connectivity index (χ1) is 29.3. The van der Waals surface area contributed by atoms with Crippen LogP contribution in [0, 0.1) is 13.8 Å². The number of amides is 2. The zero-order valence-electron chi connectivity index (χ0n) is 33.2. The molecule has 2 saturated heterocycles. The van der Waals surface area contributed by atoms with Crippen LogP contribution < -0.4 is 31.1 Å². The van der Waals surface area contributed by atoms with Gasteiger partial charge in [-0.15, -0.1) is 0 Å². The monoisotopic (exact) mass is 813 g/mol. The van der Waals surface area contributed by atoms with Crippen molar-refractivity contribution in [1.29, 1.82) is 0 Å². The van der Waals surface area contributed by atoms with Gasteiger partial charge in [-0.1, -0.05) is 7.43 Å². The van der Waals surface area contributed by atoms with E-state index in [4.69, 9.17) is 15.7 Å². The molecular formula is C45H47N15O. The lowest BCUT2D eigenvalue weighted by Gasteiger charge is -2.36. The molecular weight excluding hydrogens is 767 g/mol. The van der Waals surface area contributed by atoms with Gasteiger partial charge < -0.3 is 26.2 Å². The molecule has 2 atom stereocenters. The molecule has 0 spiro atoms. The second-order valence-electron chi connectivity index (χ2n) is 15.5. The van der Waals surface area contributed by atoms with E-state index in [-0.39, 0.29) is 19.5 Å². The average Bonchev–Trinajstić information content (AvgIpc) is 4.09. The van der Waals surface area contributed by atoms with Gasteiger partial charge in [-0.3, -0.25) is 25.1 Å². The second kappa shape index (κ2) is 16.2. The molecule has 8 aromatic rings. The number of hydrogen-bond donors (Lipinski definition) is 5. The minimum absolute atomic E-state index is 0. The molecule has 11 heterocycles. The van der Waals surface area contributed by atoms with E-state index in [1.807, 2.05) is 73.5 Å². The fraction of sp³-hybridized carbons (Fsp3) is 0.244. The third-order valence-electron chi connectivity index (χ3n) is 11.3. The number of nitrogens with zero attached hydrogens (tertiary/aromatic N) is 10. The molecule has 308 valence electrons. The zero-order chi connectivity index (χ0) is 40.7. The number of aromatic nitrogens is 9. The van der Waals surface area contributed by atoms with Crippen LogP contribution in [0.4, 0.5) is 39.2 Å². The number of carbonyl (C=O) groups excluding carboxylic acids is 1. The van der Waals surface area contributed by atoms with Crippen LogP contribution in [0.5, 0.6) is 0 Å². The maximum Gasteiger partial charge on any atom is 0.327 e. The summed E-state index contributed by atoms with van der Waals surface area (Å²) in [5.74, 6) is 1.74. The zero-order valence-corrected chi connectivity index (χ0v) is 33.2. The van der Waals surface area contributed by atoms with Gasteiger partial charge in [0, 0.05) is 83.6 Å². The fourth-order valence-electron chi connectivity index (χ4n) is 8.36. The summed E-state index contributed by atoms with van der Waals surface area (Å²) < 4.78 is 0. The average molecular weight is 814 g/mol. The van der Waals surface area contributed by atoms with Gasteiger partial charge in [-0.2, -0.15) is 10.2 Å². The quantitative estimate of drug-likeness (QED) is 0.117. The Hall–Kier alpha value is -7.62. The van der Waals surface area contributed by atoms with Crippen molar-refractivity contribution in [2.24, 2.45) is 0 Å². The number of urea groups is 1. The number of aromatic amines is 2. The number of pyridine rings is 5. The molecule has 0 saturated carbocycles. The number of benzene rings is 1. The summed E-state index contributed by atoms with van der Waals surface area (Å²) >= 11 is 0. The first-order valence-electron chi connectivity index (χ1n) is 20.0. The standard InChI is InChI=1S/C23H21N7O.C15H16N4.C6H6N4.CH4/c1-14-10-15(6-8-24-14)19-4-5-21-22(27-19)30(18-7-9-29(21)13-18)23(31)26-17-2-3-20-16(11-17)12-25-28-20;1-10-8-11(4-6-16-10)13-2-3-14-15(18-13)17-12-5-7-19(14)9-12;7-5-1-4-2-9-10-6(4)8-3-5;/h2-6,8,10-12,18H,7,9,13H2,1H3,(H,25,28)(H,26,31);2-4,6,8,12H,5,7,9H2,1H3,(H,17,18);1-3H,7H2,(H,8,9,10);1H4/t18-;12-;;/m00../s1. The highest BCUT2D eigenvalue weighted by molar-refractivity contribution is 6.05. The number of nitrogens with two attached hydrogens (primary N) is 1. The van der Waals surface area contributed by atoms with Gasteiger partial charge in [0.15, 0.2) is 17.3 Å². The van der Waals surface area contributed by atoms with Crippen LogP contribution in [0.3, 0.4) is 0 Å².